The van der Waals surface area contributed by atoms with Crippen LogP contribution < -0.4 is 10.2 Å². The van der Waals surface area contributed by atoms with Crippen molar-refractivity contribution in [2.75, 3.05) is 37.5 Å². The van der Waals surface area contributed by atoms with E-state index in [1.165, 1.54) is 18.2 Å². The number of carbonyl (C=O) groups excluding carboxylic acids is 4. The topological polar surface area (TPSA) is 96.0 Å². The summed E-state index contributed by atoms with van der Waals surface area (Å²) in [6.45, 7) is 1.64. The van der Waals surface area contributed by atoms with E-state index in [2.05, 4.69) is 21.2 Å². The van der Waals surface area contributed by atoms with Gasteiger partial charge in [-0.15, -0.1) is 0 Å². The van der Waals surface area contributed by atoms with E-state index >= 15 is 0 Å². The second-order valence-electron chi connectivity index (χ2n) is 7.75. The second kappa shape index (κ2) is 11.7. The maximum Gasteiger partial charge on any atom is 0.339 e. The molecular weight excluding hydrogens is 558 g/mol. The minimum absolute atomic E-state index is 0.110. The van der Waals surface area contributed by atoms with Crippen LogP contribution in [0.3, 0.4) is 0 Å². The number of anilines is 2. The average molecular weight is 581 g/mol. The third kappa shape index (κ3) is 6.65. The van der Waals surface area contributed by atoms with Gasteiger partial charge in [0.2, 0.25) is 5.91 Å². The molecule has 0 saturated carbocycles. The first-order chi connectivity index (χ1) is 16.6. The molecule has 0 bridgehead atoms. The molecule has 0 aliphatic carbocycles. The van der Waals surface area contributed by atoms with E-state index in [4.69, 9.17) is 16.3 Å². The van der Waals surface area contributed by atoms with Crippen LogP contribution in [-0.2, 0) is 14.3 Å². The summed E-state index contributed by atoms with van der Waals surface area (Å²) in [5.41, 5.74) is 2.10. The number of carbonyl (C=O) groups is 4. The fraction of sp³-hybridized carbons (Fsp3) is 0.250. The first kappa shape index (κ1) is 26.8. The number of benzene rings is 2. The number of hydrogen-bond acceptors (Lipinski definition) is 7. The predicted molar refractivity (Wildman–Crippen MR) is 142 cm³/mol. The molecule has 8 nitrogen and oxygen atoms in total. The van der Waals surface area contributed by atoms with E-state index in [1.54, 1.807) is 6.08 Å². The molecule has 0 spiro atoms. The Morgan fingerprint density at radius 2 is 1.94 bits per heavy atom. The summed E-state index contributed by atoms with van der Waals surface area (Å²) in [5.74, 6) is -1.75. The molecule has 1 heterocycles. The number of hydrogen-bond donors (Lipinski definition) is 1. The SMILES string of the molecule is CCCOC(=O)c1cc(NC(=O)CN2C(=O)S/C(=C\c3ccc(N(C)C)c(Br)c3)C2=O)ccc1Cl. The number of halogens is 2. The van der Waals surface area contributed by atoms with Gasteiger partial charge in [0.05, 0.1) is 27.8 Å². The Bertz CT molecular complexity index is 1220. The van der Waals surface area contributed by atoms with Crippen LogP contribution in [0.25, 0.3) is 6.08 Å². The molecule has 184 valence electrons. The van der Waals surface area contributed by atoms with E-state index < -0.39 is 29.6 Å². The van der Waals surface area contributed by atoms with Gasteiger partial charge in [-0.05, 0) is 76.1 Å². The van der Waals surface area contributed by atoms with Crippen molar-refractivity contribution in [1.29, 1.82) is 0 Å². The van der Waals surface area contributed by atoms with E-state index in [1.807, 2.05) is 44.1 Å². The molecule has 0 radical (unpaired) electrons. The number of nitrogens with zero attached hydrogens (tertiary/aromatic N) is 2. The molecule has 1 aliphatic heterocycles. The largest absolute Gasteiger partial charge is 0.462 e. The lowest BCUT2D eigenvalue weighted by atomic mass is 10.2. The van der Waals surface area contributed by atoms with Gasteiger partial charge >= 0.3 is 5.97 Å². The van der Waals surface area contributed by atoms with Gasteiger partial charge in [0.15, 0.2) is 0 Å². The zero-order chi connectivity index (χ0) is 25.7. The van der Waals surface area contributed by atoms with Crippen molar-refractivity contribution >= 4 is 79.8 Å². The van der Waals surface area contributed by atoms with Crippen molar-refractivity contribution in [1.82, 2.24) is 4.90 Å². The average Bonchev–Trinajstić information content (AvgIpc) is 3.05. The Hall–Kier alpha value is -2.82. The van der Waals surface area contributed by atoms with Crippen LogP contribution in [0.4, 0.5) is 16.2 Å². The van der Waals surface area contributed by atoms with Crippen LogP contribution in [0.1, 0.15) is 29.3 Å². The van der Waals surface area contributed by atoms with Crippen molar-refractivity contribution in [3.63, 3.8) is 0 Å². The number of nitrogens with one attached hydrogen (secondary N) is 1. The standard InChI is InChI=1S/C24H23BrClN3O5S/c1-4-9-34-23(32)16-12-15(6-7-18(16)26)27-21(30)13-29-22(31)20(35-24(29)33)11-14-5-8-19(28(2)3)17(25)10-14/h5-8,10-12H,4,9,13H2,1-3H3,(H,27,30)/b20-11-. The van der Waals surface area contributed by atoms with Crippen LogP contribution in [0.5, 0.6) is 0 Å². The van der Waals surface area contributed by atoms with Crippen molar-refractivity contribution in [2.45, 2.75) is 13.3 Å². The highest BCUT2D eigenvalue weighted by Gasteiger charge is 2.36. The number of amides is 3. The summed E-state index contributed by atoms with van der Waals surface area (Å²) in [7, 11) is 3.83. The molecule has 0 unspecified atom stereocenters. The molecular formula is C24H23BrClN3O5S. The van der Waals surface area contributed by atoms with Gasteiger partial charge in [-0.25, -0.2) is 4.79 Å². The normalized spacial score (nSPS) is 14.4. The van der Waals surface area contributed by atoms with Gasteiger partial charge in [-0.1, -0.05) is 24.6 Å². The van der Waals surface area contributed by atoms with Crippen LogP contribution in [0.2, 0.25) is 5.02 Å². The summed E-state index contributed by atoms with van der Waals surface area (Å²) in [4.78, 5) is 53.0. The van der Waals surface area contributed by atoms with Crippen molar-refractivity contribution in [3.05, 3.63) is 61.9 Å². The maximum atomic E-state index is 12.8. The summed E-state index contributed by atoms with van der Waals surface area (Å²) in [6, 6.07) is 9.94. The number of thioether (sulfide) groups is 1. The predicted octanol–water partition coefficient (Wildman–Crippen LogP) is 5.41. The molecule has 1 aliphatic rings. The summed E-state index contributed by atoms with van der Waals surface area (Å²) in [5, 5.41) is 2.23. The van der Waals surface area contributed by atoms with E-state index in [9.17, 15) is 19.2 Å². The van der Waals surface area contributed by atoms with Gasteiger partial charge in [0, 0.05) is 24.3 Å². The minimum atomic E-state index is -0.603. The molecule has 0 atom stereocenters. The highest BCUT2D eigenvalue weighted by molar-refractivity contribution is 9.10. The van der Waals surface area contributed by atoms with E-state index in [0.717, 1.165) is 32.4 Å². The van der Waals surface area contributed by atoms with Crippen LogP contribution in [0, 0.1) is 0 Å². The van der Waals surface area contributed by atoms with E-state index in [0.29, 0.717) is 6.42 Å². The van der Waals surface area contributed by atoms with Crippen LogP contribution in [-0.4, -0.2) is 55.2 Å². The smallest absolute Gasteiger partial charge is 0.339 e. The Labute approximate surface area is 220 Å². The molecule has 2 aromatic rings. The summed E-state index contributed by atoms with van der Waals surface area (Å²) in [6.07, 6.45) is 2.27. The molecule has 3 rings (SSSR count). The third-order valence-corrected chi connectivity index (χ3v) is 6.71. The number of ether oxygens (including phenoxy) is 1. The number of esters is 1. The molecule has 1 N–H and O–H groups in total. The highest BCUT2D eigenvalue weighted by atomic mass is 79.9. The first-order valence-corrected chi connectivity index (χ1v) is 12.6. The van der Waals surface area contributed by atoms with E-state index in [-0.39, 0.29) is 27.8 Å². The molecule has 0 aromatic heterocycles. The van der Waals surface area contributed by atoms with Gasteiger partial charge in [-0.3, -0.25) is 19.3 Å². The molecule has 35 heavy (non-hydrogen) atoms. The first-order valence-electron chi connectivity index (χ1n) is 10.6. The minimum Gasteiger partial charge on any atom is -0.462 e. The summed E-state index contributed by atoms with van der Waals surface area (Å²) >= 11 is 10.3. The lowest BCUT2D eigenvalue weighted by Crippen LogP contribution is -2.36. The highest BCUT2D eigenvalue weighted by Crippen LogP contribution is 2.34. The summed E-state index contributed by atoms with van der Waals surface area (Å²) < 4.78 is 5.94. The zero-order valence-corrected chi connectivity index (χ0v) is 22.4. The molecule has 2 aromatic carbocycles. The second-order valence-corrected chi connectivity index (χ2v) is 10.0. The monoisotopic (exact) mass is 579 g/mol. The maximum absolute atomic E-state index is 12.8. The third-order valence-electron chi connectivity index (χ3n) is 4.83. The lowest BCUT2D eigenvalue weighted by molar-refractivity contribution is -0.127. The Morgan fingerprint density at radius 1 is 1.20 bits per heavy atom. The Morgan fingerprint density at radius 3 is 2.60 bits per heavy atom. The lowest BCUT2D eigenvalue weighted by Gasteiger charge is -2.14. The number of imide groups is 1. The quantitative estimate of drug-likeness (QED) is 0.329. The molecule has 1 saturated heterocycles. The fourth-order valence-corrected chi connectivity index (χ4v) is 4.92. The fourth-order valence-electron chi connectivity index (χ4n) is 3.14. The van der Waals surface area contributed by atoms with Crippen molar-refractivity contribution in [2.24, 2.45) is 0 Å². The Balaban J connectivity index is 1.69. The van der Waals surface area contributed by atoms with Crippen molar-refractivity contribution < 1.29 is 23.9 Å². The van der Waals surface area contributed by atoms with Crippen molar-refractivity contribution in [3.8, 4) is 0 Å². The number of rotatable bonds is 8. The van der Waals surface area contributed by atoms with Gasteiger partial charge < -0.3 is 15.0 Å². The molecule has 11 heteroatoms. The molecule has 1 fully saturated rings. The molecule has 3 amide bonds. The van der Waals surface area contributed by atoms with Gasteiger partial charge in [0.25, 0.3) is 11.1 Å². The Kier molecular flexibility index (Phi) is 8.98. The van der Waals surface area contributed by atoms with Gasteiger partial charge in [0.1, 0.15) is 6.54 Å². The van der Waals surface area contributed by atoms with Crippen LogP contribution >= 0.6 is 39.3 Å². The van der Waals surface area contributed by atoms with Gasteiger partial charge in [-0.2, -0.15) is 0 Å². The van der Waals surface area contributed by atoms with Crippen LogP contribution in [0.15, 0.2) is 45.8 Å². The zero-order valence-electron chi connectivity index (χ0n) is 19.3.